The molecule has 174 valence electrons. The summed E-state index contributed by atoms with van der Waals surface area (Å²) in [7, 11) is 0. The first-order valence-electron chi connectivity index (χ1n) is 11.0. The molecule has 0 aliphatic heterocycles. The zero-order chi connectivity index (χ0) is 24.1. The molecule has 0 unspecified atom stereocenters. The molecule has 0 saturated heterocycles. The number of anilines is 3. The van der Waals surface area contributed by atoms with Crippen LogP contribution in [0.2, 0.25) is 0 Å². The van der Waals surface area contributed by atoms with Crippen LogP contribution in [-0.2, 0) is 6.42 Å². The lowest BCUT2D eigenvalue weighted by Gasteiger charge is -2.19. The highest BCUT2D eigenvalue weighted by Gasteiger charge is 2.31. The summed E-state index contributed by atoms with van der Waals surface area (Å²) in [4.78, 5) is 26.6. The highest BCUT2D eigenvalue weighted by Crippen LogP contribution is 2.38. The van der Waals surface area contributed by atoms with E-state index in [2.05, 4.69) is 5.32 Å². The van der Waals surface area contributed by atoms with Gasteiger partial charge in [0.1, 0.15) is 11.2 Å². The fourth-order valence-electron chi connectivity index (χ4n) is 4.39. The zero-order valence-corrected chi connectivity index (χ0v) is 20.9. The van der Waals surface area contributed by atoms with E-state index < -0.39 is 11.4 Å². The van der Waals surface area contributed by atoms with E-state index in [1.807, 2.05) is 47.7 Å². The maximum absolute atomic E-state index is 14.7. The van der Waals surface area contributed by atoms with Crippen molar-refractivity contribution in [2.45, 2.75) is 39.2 Å². The maximum atomic E-state index is 14.7. The number of nitrogens with zero attached hydrogens (tertiary/aromatic N) is 1. The molecular weight excluding hydrogens is 548 g/mol. The summed E-state index contributed by atoms with van der Waals surface area (Å²) in [6, 6.07) is 12.3. The van der Waals surface area contributed by atoms with Crippen molar-refractivity contribution in [3.05, 3.63) is 95.0 Å². The van der Waals surface area contributed by atoms with Crippen molar-refractivity contribution < 1.29 is 8.81 Å². The lowest BCUT2D eigenvalue weighted by atomic mass is 9.99. The first kappa shape index (κ1) is 22.6. The van der Waals surface area contributed by atoms with Gasteiger partial charge in [-0.15, -0.1) is 0 Å². The van der Waals surface area contributed by atoms with Crippen LogP contribution in [0.25, 0.3) is 11.0 Å². The number of nitrogens with two attached hydrogens (primary N) is 1. The van der Waals surface area contributed by atoms with Gasteiger partial charge in [0.15, 0.2) is 5.58 Å². The number of rotatable bonds is 5. The molecule has 1 aliphatic carbocycles. The number of nitrogen functional groups attached to an aromatic ring is 1. The molecule has 6 nitrogen and oxygen atoms in total. The molecule has 0 amide bonds. The summed E-state index contributed by atoms with van der Waals surface area (Å²) >= 11 is 2.03. The molecule has 2 aromatic carbocycles. The van der Waals surface area contributed by atoms with Crippen LogP contribution < -0.4 is 22.2 Å². The summed E-state index contributed by atoms with van der Waals surface area (Å²) in [5.74, 6) is -0.470. The fourth-order valence-corrected chi connectivity index (χ4v) is 4.85. The van der Waals surface area contributed by atoms with E-state index in [1.54, 1.807) is 29.7 Å². The minimum absolute atomic E-state index is 0.103. The van der Waals surface area contributed by atoms with Crippen LogP contribution in [0.15, 0.2) is 56.5 Å². The molecule has 0 bridgehead atoms. The van der Waals surface area contributed by atoms with E-state index in [0.29, 0.717) is 12.1 Å². The zero-order valence-electron chi connectivity index (χ0n) is 18.7. The van der Waals surface area contributed by atoms with Crippen molar-refractivity contribution >= 4 is 50.6 Å². The van der Waals surface area contributed by atoms with Crippen molar-refractivity contribution in [2.75, 3.05) is 11.1 Å². The maximum Gasteiger partial charge on any atom is 0.341 e. The van der Waals surface area contributed by atoms with Crippen molar-refractivity contribution in [2.24, 2.45) is 0 Å². The van der Waals surface area contributed by atoms with Gasteiger partial charge < -0.3 is 20.0 Å². The number of pyridine rings is 1. The minimum atomic E-state index is -0.572. The number of benzene rings is 2. The monoisotopic (exact) mass is 571 g/mol. The molecule has 0 radical (unpaired) electrons. The Kier molecular flexibility index (Phi) is 5.71. The minimum Gasteiger partial charge on any atom is -0.422 e. The molecular formula is C26H23FIN3O3. The Bertz CT molecular complexity index is 1570. The van der Waals surface area contributed by atoms with Gasteiger partial charge in [-0.2, -0.15) is 0 Å². The van der Waals surface area contributed by atoms with Gasteiger partial charge in [-0.1, -0.05) is 12.1 Å². The first-order chi connectivity index (χ1) is 16.2. The summed E-state index contributed by atoms with van der Waals surface area (Å²) in [6.45, 7) is 3.46. The van der Waals surface area contributed by atoms with E-state index >= 15 is 0 Å². The van der Waals surface area contributed by atoms with Gasteiger partial charge in [-0.3, -0.25) is 4.79 Å². The highest BCUT2D eigenvalue weighted by atomic mass is 127. The van der Waals surface area contributed by atoms with Crippen molar-refractivity contribution in [1.29, 1.82) is 0 Å². The number of hydrogen-bond donors (Lipinski definition) is 2. The molecule has 1 aliphatic rings. The van der Waals surface area contributed by atoms with Gasteiger partial charge in [0.05, 0.1) is 16.9 Å². The van der Waals surface area contributed by atoms with Crippen LogP contribution in [0.4, 0.5) is 21.5 Å². The number of halogens is 2. The quantitative estimate of drug-likeness (QED) is 0.242. The number of aromatic nitrogens is 1. The molecule has 34 heavy (non-hydrogen) atoms. The molecule has 2 aromatic heterocycles. The standard InChI is InChI=1S/C26H23FIN3O3/c1-13-23(30-21-9-6-16(28)12-20(21)27)22-24(34-26(13)33)19(11-15-4-3-5-17(29)10-15)14(2)31(25(22)32)18-7-8-18/h3-6,9-10,12,18,30H,7-8,11,29H2,1-2H3. The van der Waals surface area contributed by atoms with E-state index in [4.69, 9.17) is 10.2 Å². The Morgan fingerprint density at radius 2 is 1.94 bits per heavy atom. The number of hydrogen-bond acceptors (Lipinski definition) is 5. The summed E-state index contributed by atoms with van der Waals surface area (Å²) in [5, 5.41) is 3.28. The Hall–Kier alpha value is -3.14. The molecule has 4 aromatic rings. The molecule has 1 fully saturated rings. The van der Waals surface area contributed by atoms with Crippen molar-refractivity contribution in [3.63, 3.8) is 0 Å². The van der Waals surface area contributed by atoms with Gasteiger partial charge in [-0.25, -0.2) is 9.18 Å². The molecule has 1 saturated carbocycles. The smallest absolute Gasteiger partial charge is 0.341 e. The van der Waals surface area contributed by atoms with E-state index in [-0.39, 0.29) is 39.5 Å². The Morgan fingerprint density at radius 3 is 2.62 bits per heavy atom. The van der Waals surface area contributed by atoms with Crippen LogP contribution in [0.3, 0.4) is 0 Å². The Labute approximate surface area is 208 Å². The average Bonchev–Trinajstić information content (AvgIpc) is 3.61. The predicted octanol–water partition coefficient (Wildman–Crippen LogP) is 5.57. The molecule has 0 spiro atoms. The third kappa shape index (κ3) is 4.00. The summed E-state index contributed by atoms with van der Waals surface area (Å²) in [6.07, 6.45) is 2.26. The third-order valence-electron chi connectivity index (χ3n) is 6.29. The van der Waals surface area contributed by atoms with Crippen LogP contribution in [0, 0.1) is 23.2 Å². The largest absolute Gasteiger partial charge is 0.422 e. The lowest BCUT2D eigenvalue weighted by molar-refractivity contribution is 0.547. The van der Waals surface area contributed by atoms with E-state index in [0.717, 1.165) is 33.2 Å². The van der Waals surface area contributed by atoms with Crippen molar-refractivity contribution in [3.8, 4) is 0 Å². The molecule has 5 rings (SSSR count). The van der Waals surface area contributed by atoms with Crippen LogP contribution in [0.1, 0.15) is 41.3 Å². The second kappa shape index (κ2) is 8.57. The predicted molar refractivity (Wildman–Crippen MR) is 141 cm³/mol. The third-order valence-corrected chi connectivity index (χ3v) is 6.96. The first-order valence-corrected chi connectivity index (χ1v) is 12.1. The Morgan fingerprint density at radius 1 is 1.18 bits per heavy atom. The topological polar surface area (TPSA) is 90.3 Å². The average molecular weight is 571 g/mol. The fraction of sp³-hybridized carbons (Fsp3) is 0.231. The molecule has 2 heterocycles. The van der Waals surface area contributed by atoms with Gasteiger partial charge in [0.25, 0.3) is 5.56 Å². The summed E-state index contributed by atoms with van der Waals surface area (Å²) in [5.41, 5.74) is 9.16. The molecule has 3 N–H and O–H groups in total. The second-order valence-electron chi connectivity index (χ2n) is 8.73. The second-order valence-corrected chi connectivity index (χ2v) is 9.98. The van der Waals surface area contributed by atoms with Gasteiger partial charge >= 0.3 is 5.63 Å². The van der Waals surface area contributed by atoms with E-state index in [9.17, 15) is 14.0 Å². The SMILES string of the molecule is Cc1c(Nc2ccc(I)cc2F)c2c(=O)n(C3CC3)c(C)c(Cc3cccc(N)c3)c2oc1=O. The number of nitrogens with one attached hydrogen (secondary N) is 1. The Balaban J connectivity index is 1.81. The number of fused-ring (bicyclic) bond motifs is 1. The summed E-state index contributed by atoms with van der Waals surface area (Å²) < 4.78 is 23.0. The van der Waals surface area contributed by atoms with Gasteiger partial charge in [-0.05, 0) is 85.2 Å². The lowest BCUT2D eigenvalue weighted by Crippen LogP contribution is -2.26. The van der Waals surface area contributed by atoms with Crippen LogP contribution in [-0.4, -0.2) is 4.57 Å². The van der Waals surface area contributed by atoms with Gasteiger partial charge in [0.2, 0.25) is 0 Å². The van der Waals surface area contributed by atoms with Crippen LogP contribution in [0.5, 0.6) is 0 Å². The highest BCUT2D eigenvalue weighted by molar-refractivity contribution is 14.1. The van der Waals surface area contributed by atoms with Crippen molar-refractivity contribution in [1.82, 2.24) is 4.57 Å². The van der Waals surface area contributed by atoms with E-state index in [1.165, 1.54) is 6.07 Å². The normalized spacial score (nSPS) is 13.4. The van der Waals surface area contributed by atoms with Gasteiger partial charge in [0, 0.05) is 33.0 Å². The molecule has 8 heteroatoms. The van der Waals surface area contributed by atoms with Crippen LogP contribution >= 0.6 is 22.6 Å². The molecule has 0 atom stereocenters.